The van der Waals surface area contributed by atoms with Crippen LogP contribution < -0.4 is 0 Å². The van der Waals surface area contributed by atoms with E-state index >= 15 is 0 Å². The predicted molar refractivity (Wildman–Crippen MR) is 30.6 cm³/mol. The van der Waals surface area contributed by atoms with E-state index in [0.717, 1.165) is 0 Å². The van der Waals surface area contributed by atoms with Gasteiger partial charge >= 0.3 is 6.18 Å². The highest BCUT2D eigenvalue weighted by Gasteiger charge is 2.64. The maximum absolute atomic E-state index is 13.0. The zero-order chi connectivity index (χ0) is 8.28. The van der Waals surface area contributed by atoms with Crippen LogP contribution in [0.1, 0.15) is 0 Å². The molecule has 0 N–H and O–H groups in total. The molecule has 0 fully saturated rings. The van der Waals surface area contributed by atoms with Crippen LogP contribution >= 0.6 is 0 Å². The molecular formula is C7H4F4. The second kappa shape index (κ2) is 1.52. The molecule has 0 unspecified atom stereocenters. The molecule has 0 saturated heterocycles. The Morgan fingerprint density at radius 3 is 2.18 bits per heavy atom. The molecular weight excluding hydrogens is 160 g/mol. The van der Waals surface area contributed by atoms with E-state index in [9.17, 15) is 17.6 Å². The number of hydrogen-bond acceptors (Lipinski definition) is 0. The quantitative estimate of drug-likeness (QED) is 0.482. The van der Waals surface area contributed by atoms with Gasteiger partial charge in [-0.1, -0.05) is 12.2 Å². The van der Waals surface area contributed by atoms with Gasteiger partial charge in [-0.3, -0.25) is 0 Å². The molecule has 0 aromatic rings. The normalized spacial score (nSPS) is 40.4. The van der Waals surface area contributed by atoms with Gasteiger partial charge in [-0.25, -0.2) is 4.39 Å². The van der Waals surface area contributed by atoms with Gasteiger partial charge in [-0.15, -0.1) is 0 Å². The van der Waals surface area contributed by atoms with Crippen LogP contribution in [0.15, 0.2) is 23.8 Å². The van der Waals surface area contributed by atoms with Gasteiger partial charge in [-0.2, -0.15) is 13.2 Å². The summed E-state index contributed by atoms with van der Waals surface area (Å²) in [6, 6.07) is 0. The largest absolute Gasteiger partial charge is 0.427 e. The molecule has 0 amide bonds. The molecule has 2 aliphatic carbocycles. The van der Waals surface area contributed by atoms with Gasteiger partial charge in [0.15, 0.2) is 0 Å². The highest BCUT2D eigenvalue weighted by atomic mass is 19.4. The molecule has 0 aliphatic heterocycles. The first-order valence-corrected chi connectivity index (χ1v) is 3.12. The average Bonchev–Trinajstić information content (AvgIpc) is 2.54. The van der Waals surface area contributed by atoms with E-state index in [1.165, 1.54) is 12.2 Å². The van der Waals surface area contributed by atoms with Crippen LogP contribution in [0.3, 0.4) is 0 Å². The average molecular weight is 164 g/mol. The Labute approximate surface area is 60.2 Å². The number of halogens is 4. The molecule has 0 aromatic heterocycles. The smallest absolute Gasteiger partial charge is 0.228 e. The highest BCUT2D eigenvalue weighted by molar-refractivity contribution is 5.52. The maximum atomic E-state index is 13.0. The van der Waals surface area contributed by atoms with Crippen molar-refractivity contribution < 1.29 is 17.6 Å². The molecule has 0 spiro atoms. The molecule has 60 valence electrons. The van der Waals surface area contributed by atoms with E-state index in [0.29, 0.717) is 11.6 Å². The molecule has 4 heteroatoms. The van der Waals surface area contributed by atoms with Gasteiger partial charge in [0, 0.05) is 5.92 Å². The molecule has 0 saturated carbocycles. The van der Waals surface area contributed by atoms with Crippen molar-refractivity contribution in [2.75, 3.05) is 0 Å². The number of alkyl halides is 4. The molecule has 0 nitrogen and oxygen atoms in total. The van der Waals surface area contributed by atoms with Gasteiger partial charge in [0.05, 0.1) is 0 Å². The summed E-state index contributed by atoms with van der Waals surface area (Å²) in [6.07, 6.45) is -1.71. The fraction of sp³-hybridized carbons (Fsp3) is 0.429. The van der Waals surface area contributed by atoms with Crippen molar-refractivity contribution in [1.82, 2.24) is 0 Å². The van der Waals surface area contributed by atoms with E-state index in [-0.39, 0.29) is 0 Å². The summed E-state index contributed by atoms with van der Waals surface area (Å²) in [5.74, 6) is -1.03. The molecule has 11 heavy (non-hydrogen) atoms. The van der Waals surface area contributed by atoms with Gasteiger partial charge in [0.1, 0.15) is 0 Å². The summed E-state index contributed by atoms with van der Waals surface area (Å²) in [4.78, 5) is 0. The zero-order valence-corrected chi connectivity index (χ0v) is 5.32. The summed E-state index contributed by atoms with van der Waals surface area (Å²) in [5, 5.41) is 0. The van der Waals surface area contributed by atoms with E-state index in [2.05, 4.69) is 0 Å². The lowest BCUT2D eigenvalue weighted by Crippen LogP contribution is -2.40. The standard InChI is InChI=1S/C7H4F4/c8-6(7(9,10)11)2-1-4-3-5(4)6/h1-3,5H/t5-,6-/m1/s1. The zero-order valence-electron chi connectivity index (χ0n) is 5.32. The number of rotatable bonds is 0. The summed E-state index contributed by atoms with van der Waals surface area (Å²) >= 11 is 0. The number of allylic oxidation sites excluding steroid dienone is 4. The van der Waals surface area contributed by atoms with Crippen LogP contribution in [0, 0.1) is 5.92 Å². The van der Waals surface area contributed by atoms with Crippen LogP contribution in [0.2, 0.25) is 0 Å². The van der Waals surface area contributed by atoms with E-state index in [1.807, 2.05) is 0 Å². The van der Waals surface area contributed by atoms with Gasteiger partial charge in [-0.05, 0) is 11.6 Å². The number of hydrogen-bond donors (Lipinski definition) is 0. The second-order valence-electron chi connectivity index (χ2n) is 2.74. The van der Waals surface area contributed by atoms with Crippen molar-refractivity contribution in [3.63, 3.8) is 0 Å². The summed E-state index contributed by atoms with van der Waals surface area (Å²) in [5.41, 5.74) is -2.65. The van der Waals surface area contributed by atoms with Crippen molar-refractivity contribution in [2.45, 2.75) is 11.8 Å². The Bertz CT molecular complexity index is 260. The summed E-state index contributed by atoms with van der Waals surface area (Å²) in [6.45, 7) is 0. The minimum Gasteiger partial charge on any atom is -0.228 e. The molecule has 2 aliphatic rings. The fourth-order valence-corrected chi connectivity index (χ4v) is 1.26. The van der Waals surface area contributed by atoms with Crippen LogP contribution in [0.25, 0.3) is 0 Å². The topological polar surface area (TPSA) is 0 Å². The van der Waals surface area contributed by atoms with Crippen molar-refractivity contribution in [1.29, 1.82) is 0 Å². The lowest BCUT2D eigenvalue weighted by atomic mass is 10.0. The Balaban J connectivity index is 2.32. The third-order valence-electron chi connectivity index (χ3n) is 2.01. The third-order valence-corrected chi connectivity index (χ3v) is 2.01. The Kier molecular flexibility index (Phi) is 0.949. The molecule has 0 aromatic carbocycles. The molecule has 0 heterocycles. The molecule has 2 atom stereocenters. The van der Waals surface area contributed by atoms with E-state index < -0.39 is 17.8 Å². The Hall–Kier alpha value is -0.800. The van der Waals surface area contributed by atoms with Gasteiger partial charge in [0.2, 0.25) is 5.67 Å². The maximum Gasteiger partial charge on any atom is 0.427 e. The first-order chi connectivity index (χ1) is 4.95. The minimum absolute atomic E-state index is 0.463. The Morgan fingerprint density at radius 2 is 2.00 bits per heavy atom. The third kappa shape index (κ3) is 0.695. The first kappa shape index (κ1) is 6.88. The summed E-state index contributed by atoms with van der Waals surface area (Å²) < 4.78 is 48.9. The minimum atomic E-state index is -4.77. The SMILES string of the molecule is FC(F)(F)[C@@]1(F)C=CC2=C[C@H]21. The highest BCUT2D eigenvalue weighted by Crippen LogP contribution is 2.55. The monoisotopic (exact) mass is 164 g/mol. The second-order valence-corrected chi connectivity index (χ2v) is 2.74. The van der Waals surface area contributed by atoms with Crippen molar-refractivity contribution in [3.8, 4) is 0 Å². The van der Waals surface area contributed by atoms with E-state index in [1.54, 1.807) is 0 Å². The molecule has 0 bridgehead atoms. The Morgan fingerprint density at radius 1 is 1.36 bits per heavy atom. The lowest BCUT2D eigenvalue weighted by molar-refractivity contribution is -0.215. The van der Waals surface area contributed by atoms with Crippen molar-refractivity contribution >= 4 is 0 Å². The van der Waals surface area contributed by atoms with Crippen LogP contribution in [0.5, 0.6) is 0 Å². The van der Waals surface area contributed by atoms with Gasteiger partial charge < -0.3 is 0 Å². The van der Waals surface area contributed by atoms with Crippen molar-refractivity contribution in [3.05, 3.63) is 23.8 Å². The van der Waals surface area contributed by atoms with Crippen LogP contribution in [0.4, 0.5) is 17.6 Å². The van der Waals surface area contributed by atoms with Crippen molar-refractivity contribution in [2.24, 2.45) is 5.92 Å². The van der Waals surface area contributed by atoms with Crippen LogP contribution in [-0.4, -0.2) is 11.8 Å². The predicted octanol–water partition coefficient (Wildman–Crippen LogP) is 2.38. The molecule has 2 rings (SSSR count). The fourth-order valence-electron chi connectivity index (χ4n) is 1.26. The van der Waals surface area contributed by atoms with E-state index in [4.69, 9.17) is 0 Å². The van der Waals surface area contributed by atoms with Crippen LogP contribution in [-0.2, 0) is 0 Å². The summed E-state index contributed by atoms with van der Waals surface area (Å²) in [7, 11) is 0. The molecule has 0 radical (unpaired) electrons. The first-order valence-electron chi connectivity index (χ1n) is 3.12. The lowest BCUT2D eigenvalue weighted by Gasteiger charge is -2.22. The van der Waals surface area contributed by atoms with Gasteiger partial charge in [0.25, 0.3) is 0 Å². The number of fused-ring (bicyclic) bond motifs is 1.